The van der Waals surface area contributed by atoms with Crippen molar-refractivity contribution >= 4 is 59.1 Å². The Kier molecular flexibility index (Phi) is 29.6. The molecule has 0 fully saturated rings. The Balaban J connectivity index is 3.47. The van der Waals surface area contributed by atoms with Gasteiger partial charge in [0.25, 0.3) is 0 Å². The van der Waals surface area contributed by atoms with E-state index in [4.69, 9.17) is 28.3 Å². The van der Waals surface area contributed by atoms with Crippen LogP contribution in [0.4, 0.5) is 0 Å². The summed E-state index contributed by atoms with van der Waals surface area (Å²) in [7, 11) is 0. The highest BCUT2D eigenvalue weighted by Gasteiger charge is 2.36. The highest BCUT2D eigenvalue weighted by Crippen LogP contribution is 2.15. The van der Waals surface area contributed by atoms with Gasteiger partial charge in [-0.2, -0.15) is 0 Å². The molecule has 8 amide bonds. The number of amidine groups is 1. The van der Waals surface area contributed by atoms with E-state index in [2.05, 4.69) is 47.5 Å². The fourth-order valence-electron chi connectivity index (χ4n) is 7.81. The molecular weight excluding hydrogens is 937 g/mol. The van der Waals surface area contributed by atoms with Gasteiger partial charge in [0.2, 0.25) is 47.3 Å². The van der Waals surface area contributed by atoms with Crippen molar-refractivity contribution in [3.05, 3.63) is 35.4 Å². The number of guanidine groups is 1. The van der Waals surface area contributed by atoms with Crippen molar-refractivity contribution in [2.45, 2.75) is 183 Å². The van der Waals surface area contributed by atoms with Gasteiger partial charge in [0.05, 0.1) is 0 Å². The van der Waals surface area contributed by atoms with Crippen LogP contribution in [-0.2, 0) is 44.9 Å². The van der Waals surface area contributed by atoms with Gasteiger partial charge in [-0.1, -0.05) is 99.9 Å². The molecule has 1 aromatic carbocycles. The summed E-state index contributed by atoms with van der Waals surface area (Å²) >= 11 is 0. The zero-order valence-corrected chi connectivity index (χ0v) is 45.2. The summed E-state index contributed by atoms with van der Waals surface area (Å²) in [4.78, 5) is 114. The van der Waals surface area contributed by atoms with Crippen molar-refractivity contribution in [1.29, 1.82) is 5.41 Å². The van der Waals surface area contributed by atoms with Crippen LogP contribution in [0.15, 0.2) is 29.3 Å². The highest BCUT2D eigenvalue weighted by molar-refractivity contribution is 5.98. The maximum absolute atomic E-state index is 14.3. The van der Waals surface area contributed by atoms with Crippen molar-refractivity contribution in [1.82, 2.24) is 42.5 Å². The minimum Gasteiger partial charge on any atom is -0.384 e. The molecule has 412 valence electrons. The summed E-state index contributed by atoms with van der Waals surface area (Å²) in [5.41, 5.74) is 23.7. The maximum Gasteiger partial charge on any atom is 0.243 e. The molecule has 0 saturated carbocycles. The Morgan fingerprint density at radius 3 is 1.40 bits per heavy atom. The summed E-state index contributed by atoms with van der Waals surface area (Å²) in [5, 5.41) is 30.0. The third kappa shape index (κ3) is 25.3. The van der Waals surface area contributed by atoms with E-state index < -0.39 is 95.5 Å². The van der Waals surface area contributed by atoms with E-state index >= 15 is 0 Å². The Morgan fingerprint density at radius 2 is 0.973 bits per heavy atom. The Labute approximate surface area is 432 Å². The molecule has 0 aliphatic rings. The first-order valence-corrected chi connectivity index (χ1v) is 25.8. The third-order valence-corrected chi connectivity index (χ3v) is 12.0. The minimum atomic E-state index is -1.25. The lowest BCUT2D eigenvalue weighted by atomic mass is 9.96. The number of rotatable bonds is 34. The largest absolute Gasteiger partial charge is 0.384 e. The highest BCUT2D eigenvalue weighted by atomic mass is 16.2. The lowest BCUT2D eigenvalue weighted by Crippen LogP contribution is -2.61. The van der Waals surface area contributed by atoms with Crippen LogP contribution in [-0.4, -0.2) is 114 Å². The van der Waals surface area contributed by atoms with Crippen LogP contribution >= 0.6 is 0 Å². The predicted molar refractivity (Wildman–Crippen MR) is 284 cm³/mol. The molecule has 22 heteroatoms. The standard InChI is InChI=1S/C51H90N14O8/c1-12-32(10)42(59-33(11)66)50(73)64-40(26-30(6)7)48(71)63-39(25-29(4)5)47(70)62-38(24-28(2)3)46(69)60-37(17-15-23-57-51(55)56)45(68)65-41(31(8)9)49(72)61-36(16-13-14-22-52)44(67)58-27-34-18-20-35(21-19-34)43(53)54/h18-21,28-32,36-42H,12-17,22-27,52H2,1-11H3,(H3,53,54)(H,58,67)(H,59,66)(H,60,69)(H,61,72)(H,62,70)(H,63,71)(H,64,73)(H,65,68)(H4,55,56,57)/t32-,36-,37-,38-,39-,40-,41-,42-/m0/s1. The van der Waals surface area contributed by atoms with Gasteiger partial charge in [0.1, 0.15) is 48.1 Å². The van der Waals surface area contributed by atoms with E-state index in [9.17, 15) is 38.4 Å². The molecule has 1 aromatic rings. The Bertz CT molecular complexity index is 1990. The summed E-state index contributed by atoms with van der Waals surface area (Å²) in [5.74, 6) is -5.94. The van der Waals surface area contributed by atoms with E-state index in [-0.39, 0.29) is 87.1 Å². The number of nitrogens with zero attached hydrogens (tertiary/aromatic N) is 1. The molecule has 0 bridgehead atoms. The number of unbranched alkanes of at least 4 members (excludes halogenated alkanes) is 1. The monoisotopic (exact) mass is 1030 g/mol. The molecule has 0 spiro atoms. The van der Waals surface area contributed by atoms with Crippen LogP contribution in [0.25, 0.3) is 0 Å². The van der Waals surface area contributed by atoms with E-state index in [0.29, 0.717) is 31.4 Å². The summed E-state index contributed by atoms with van der Waals surface area (Å²) in [6, 6.07) is -0.848. The van der Waals surface area contributed by atoms with Crippen LogP contribution in [0, 0.1) is 35.0 Å². The van der Waals surface area contributed by atoms with Crippen LogP contribution in [0.5, 0.6) is 0 Å². The predicted octanol–water partition coefficient (Wildman–Crippen LogP) is 1.02. The molecule has 73 heavy (non-hydrogen) atoms. The van der Waals surface area contributed by atoms with Crippen molar-refractivity contribution in [2.24, 2.45) is 57.5 Å². The van der Waals surface area contributed by atoms with Gasteiger partial charge in [-0.15, -0.1) is 0 Å². The van der Waals surface area contributed by atoms with Gasteiger partial charge in [-0.05, 0) is 93.1 Å². The number of nitrogen functional groups attached to an aromatic ring is 1. The second kappa shape index (κ2) is 33.4. The van der Waals surface area contributed by atoms with Gasteiger partial charge >= 0.3 is 0 Å². The van der Waals surface area contributed by atoms with Crippen molar-refractivity contribution in [3.63, 3.8) is 0 Å². The molecule has 0 heterocycles. The number of nitrogens with one attached hydrogen (secondary N) is 9. The summed E-state index contributed by atoms with van der Waals surface area (Å²) in [6.07, 6.45) is 2.78. The SMILES string of the molecule is CC[C@H](C)[C@H](NC(C)=O)C(=O)N[C@@H](CC(C)C)C(=O)N[C@@H](CC(C)C)C(=O)N[C@@H](CC(C)C)C(=O)N[C@@H](CCCN=C(N)N)C(=O)N[C@H](C(=O)N[C@@H](CCCCN)C(=O)NCc1ccc(C(=N)N)cc1)C(C)C. The number of benzene rings is 1. The molecule has 1 rings (SSSR count). The van der Waals surface area contributed by atoms with Crippen molar-refractivity contribution in [2.75, 3.05) is 13.1 Å². The number of hydrogen-bond donors (Lipinski definition) is 13. The van der Waals surface area contributed by atoms with Crippen LogP contribution < -0.4 is 65.5 Å². The molecule has 22 nitrogen and oxygen atoms in total. The number of carbonyl (C=O) groups is 8. The van der Waals surface area contributed by atoms with Crippen molar-refractivity contribution < 1.29 is 38.4 Å². The normalized spacial score (nSPS) is 14.6. The topological polar surface area (TPSA) is 373 Å². The average molecular weight is 1030 g/mol. The van der Waals surface area contributed by atoms with E-state index in [1.54, 1.807) is 38.1 Å². The van der Waals surface area contributed by atoms with Gasteiger partial charge < -0.3 is 65.5 Å². The second-order valence-electron chi connectivity index (χ2n) is 20.6. The Hall–Kier alpha value is -6.32. The number of nitrogens with two attached hydrogens (primary N) is 4. The molecule has 0 radical (unpaired) electrons. The first-order chi connectivity index (χ1) is 34.2. The number of aliphatic imine (C=N–C) groups is 1. The van der Waals surface area contributed by atoms with Gasteiger partial charge in [0, 0.05) is 25.6 Å². The molecule has 0 saturated heterocycles. The number of hydrogen-bond acceptors (Lipinski definition) is 11. The molecule has 17 N–H and O–H groups in total. The first-order valence-electron chi connectivity index (χ1n) is 25.8. The molecule has 0 unspecified atom stereocenters. The van der Waals surface area contributed by atoms with Crippen molar-refractivity contribution in [3.8, 4) is 0 Å². The third-order valence-electron chi connectivity index (χ3n) is 12.0. The second-order valence-corrected chi connectivity index (χ2v) is 20.6. The minimum absolute atomic E-state index is 0.0233. The molecule has 0 aliphatic carbocycles. The first kappa shape index (κ1) is 64.7. The summed E-state index contributed by atoms with van der Waals surface area (Å²) < 4.78 is 0. The van der Waals surface area contributed by atoms with E-state index in [1.165, 1.54) is 6.92 Å². The number of amides is 8. The van der Waals surface area contributed by atoms with Gasteiger partial charge in [-0.25, -0.2) is 0 Å². The van der Waals surface area contributed by atoms with Gasteiger partial charge in [0.15, 0.2) is 5.96 Å². The smallest absolute Gasteiger partial charge is 0.243 e. The fourth-order valence-corrected chi connectivity index (χ4v) is 7.81. The lowest BCUT2D eigenvalue weighted by molar-refractivity contribution is -0.136. The fraction of sp³-hybridized carbons (Fsp3) is 0.686. The maximum atomic E-state index is 14.3. The quantitative estimate of drug-likeness (QED) is 0.0262. The lowest BCUT2D eigenvalue weighted by Gasteiger charge is -2.30. The van der Waals surface area contributed by atoms with E-state index in [1.807, 2.05) is 55.4 Å². The van der Waals surface area contributed by atoms with Crippen LogP contribution in [0.1, 0.15) is 145 Å². The average Bonchev–Trinajstić information content (AvgIpc) is 3.30. The van der Waals surface area contributed by atoms with Gasteiger partial charge in [-0.3, -0.25) is 48.8 Å². The zero-order chi connectivity index (χ0) is 55.5. The molecule has 0 aliphatic heterocycles. The Morgan fingerprint density at radius 1 is 0.548 bits per heavy atom. The zero-order valence-electron chi connectivity index (χ0n) is 45.2. The molecule has 0 aromatic heterocycles. The van der Waals surface area contributed by atoms with Crippen LogP contribution in [0.3, 0.4) is 0 Å². The van der Waals surface area contributed by atoms with Crippen LogP contribution in [0.2, 0.25) is 0 Å². The number of carbonyl (C=O) groups excluding carboxylic acids is 8. The molecule has 8 atom stereocenters. The molecular formula is C51H90N14O8. The summed E-state index contributed by atoms with van der Waals surface area (Å²) in [6.45, 7) is 20.3. The van der Waals surface area contributed by atoms with E-state index in [0.717, 1.165) is 5.56 Å².